The van der Waals surface area contributed by atoms with Gasteiger partial charge in [0.25, 0.3) is 5.69 Å². The van der Waals surface area contributed by atoms with Crippen molar-refractivity contribution in [2.75, 3.05) is 0 Å². The van der Waals surface area contributed by atoms with Crippen molar-refractivity contribution >= 4 is 27.4 Å². The van der Waals surface area contributed by atoms with Crippen LogP contribution in [0.1, 0.15) is 17.3 Å². The number of hydrogen-bond donors (Lipinski definition) is 0. The van der Waals surface area contributed by atoms with Crippen molar-refractivity contribution in [3.8, 4) is 5.75 Å². The fourth-order valence-electron chi connectivity index (χ4n) is 1.24. The molecule has 0 aliphatic carbocycles. The van der Waals surface area contributed by atoms with Gasteiger partial charge in [-0.1, -0.05) is 15.9 Å². The highest BCUT2D eigenvalue weighted by Gasteiger charge is 2.22. The van der Waals surface area contributed by atoms with E-state index >= 15 is 0 Å². The van der Waals surface area contributed by atoms with Crippen LogP contribution in [0.5, 0.6) is 5.75 Å². The van der Waals surface area contributed by atoms with Gasteiger partial charge in [-0.2, -0.15) is 8.78 Å². The van der Waals surface area contributed by atoms with Crippen LogP contribution in [-0.2, 0) is 0 Å². The topological polar surface area (TPSA) is 69.4 Å². The first-order valence-electron chi connectivity index (χ1n) is 4.74. The van der Waals surface area contributed by atoms with Gasteiger partial charge in [0.2, 0.25) is 0 Å². The van der Waals surface area contributed by atoms with E-state index in [2.05, 4.69) is 20.7 Å². The quantitative estimate of drug-likeness (QED) is 0.361. The molecule has 0 bridgehead atoms. The number of carbonyl (C=O) groups excluding carboxylic acids is 1. The van der Waals surface area contributed by atoms with Gasteiger partial charge < -0.3 is 4.74 Å². The summed E-state index contributed by atoms with van der Waals surface area (Å²) < 4.78 is 28.5. The molecule has 1 rings (SSSR count). The Balaban J connectivity index is 3.24. The van der Waals surface area contributed by atoms with E-state index in [-0.39, 0.29) is 5.56 Å². The lowest BCUT2D eigenvalue weighted by atomic mass is 10.1. The molecule has 1 aromatic rings. The SMILES string of the molecule is CC(Br)C(=O)c1ccc([N+](=O)[O-])cc1OC(F)F. The molecule has 18 heavy (non-hydrogen) atoms. The predicted molar refractivity (Wildman–Crippen MR) is 62.4 cm³/mol. The fourth-order valence-corrected chi connectivity index (χ4v) is 1.48. The molecule has 98 valence electrons. The Hall–Kier alpha value is -1.57. The third kappa shape index (κ3) is 3.46. The van der Waals surface area contributed by atoms with E-state index in [4.69, 9.17) is 0 Å². The van der Waals surface area contributed by atoms with Crippen LogP contribution in [-0.4, -0.2) is 22.1 Å². The summed E-state index contributed by atoms with van der Waals surface area (Å²) in [6, 6.07) is 2.95. The van der Waals surface area contributed by atoms with E-state index in [0.717, 1.165) is 18.2 Å². The zero-order valence-corrected chi connectivity index (χ0v) is 10.7. The standard InChI is InChI=1S/C10H8BrF2NO4/c1-5(11)9(15)7-3-2-6(14(16)17)4-8(7)18-10(12)13/h2-5,10H,1H3. The molecule has 1 atom stereocenters. The van der Waals surface area contributed by atoms with E-state index in [1.165, 1.54) is 6.92 Å². The van der Waals surface area contributed by atoms with Gasteiger partial charge in [-0.3, -0.25) is 14.9 Å². The van der Waals surface area contributed by atoms with Gasteiger partial charge in [0.15, 0.2) is 5.78 Å². The first kappa shape index (κ1) is 14.5. The number of benzene rings is 1. The van der Waals surface area contributed by atoms with Crippen molar-refractivity contribution < 1.29 is 23.2 Å². The minimum atomic E-state index is -3.16. The van der Waals surface area contributed by atoms with Crippen molar-refractivity contribution in [2.24, 2.45) is 0 Å². The van der Waals surface area contributed by atoms with Crippen LogP contribution >= 0.6 is 15.9 Å². The summed E-state index contributed by atoms with van der Waals surface area (Å²) in [7, 11) is 0. The van der Waals surface area contributed by atoms with Crippen molar-refractivity contribution in [3.05, 3.63) is 33.9 Å². The number of nitro benzene ring substituents is 1. The van der Waals surface area contributed by atoms with Gasteiger partial charge in [-0.25, -0.2) is 0 Å². The first-order chi connectivity index (χ1) is 8.32. The highest BCUT2D eigenvalue weighted by molar-refractivity contribution is 9.10. The summed E-state index contributed by atoms with van der Waals surface area (Å²) in [5, 5.41) is 10.5. The molecule has 0 amide bonds. The Morgan fingerprint density at radius 3 is 2.56 bits per heavy atom. The minimum absolute atomic E-state index is 0.134. The van der Waals surface area contributed by atoms with Gasteiger partial charge in [0.05, 0.1) is 21.4 Å². The minimum Gasteiger partial charge on any atom is -0.434 e. The molecule has 1 unspecified atom stereocenters. The van der Waals surface area contributed by atoms with Crippen LogP contribution in [0.15, 0.2) is 18.2 Å². The monoisotopic (exact) mass is 323 g/mol. The van der Waals surface area contributed by atoms with E-state index in [1.54, 1.807) is 0 Å². The molecule has 0 N–H and O–H groups in total. The van der Waals surface area contributed by atoms with Crippen molar-refractivity contribution in [1.29, 1.82) is 0 Å². The zero-order chi connectivity index (χ0) is 13.9. The second-order valence-corrected chi connectivity index (χ2v) is 4.67. The Labute approximate surface area is 109 Å². The van der Waals surface area contributed by atoms with E-state index in [0.29, 0.717) is 0 Å². The Morgan fingerprint density at radius 1 is 1.50 bits per heavy atom. The maximum atomic E-state index is 12.2. The molecular weight excluding hydrogens is 316 g/mol. The van der Waals surface area contributed by atoms with Gasteiger partial charge in [-0.15, -0.1) is 0 Å². The predicted octanol–water partition coefficient (Wildman–Crippen LogP) is 3.16. The Bertz CT molecular complexity index is 479. The second kappa shape index (κ2) is 5.85. The highest BCUT2D eigenvalue weighted by atomic mass is 79.9. The van der Waals surface area contributed by atoms with Crippen LogP contribution in [0.4, 0.5) is 14.5 Å². The third-order valence-corrected chi connectivity index (χ3v) is 2.43. The number of carbonyl (C=O) groups is 1. The molecule has 0 heterocycles. The summed E-state index contributed by atoms with van der Waals surface area (Å²) in [4.78, 5) is 20.8. The lowest BCUT2D eigenvalue weighted by Gasteiger charge is -2.10. The van der Waals surface area contributed by atoms with Crippen LogP contribution in [0, 0.1) is 10.1 Å². The molecule has 0 saturated carbocycles. The number of alkyl halides is 3. The van der Waals surface area contributed by atoms with Crippen molar-refractivity contribution in [1.82, 2.24) is 0 Å². The normalized spacial score (nSPS) is 12.3. The molecule has 0 aliphatic rings. The number of Topliss-reactive ketones (excluding diaryl/α,β-unsaturated/α-hetero) is 1. The van der Waals surface area contributed by atoms with Crippen molar-refractivity contribution in [2.45, 2.75) is 18.4 Å². The summed E-state index contributed by atoms with van der Waals surface area (Å²) in [6.45, 7) is -1.65. The van der Waals surface area contributed by atoms with Crippen LogP contribution in [0.3, 0.4) is 0 Å². The van der Waals surface area contributed by atoms with Crippen LogP contribution < -0.4 is 4.74 Å². The van der Waals surface area contributed by atoms with Gasteiger partial charge in [0.1, 0.15) is 5.75 Å². The van der Waals surface area contributed by atoms with Crippen LogP contribution in [0.25, 0.3) is 0 Å². The summed E-state index contributed by atoms with van der Waals surface area (Å²) in [5.74, 6) is -1.00. The van der Waals surface area contributed by atoms with Crippen molar-refractivity contribution in [3.63, 3.8) is 0 Å². The molecule has 0 aromatic heterocycles. The van der Waals surface area contributed by atoms with Crippen LogP contribution in [0.2, 0.25) is 0 Å². The van der Waals surface area contributed by atoms with E-state index in [9.17, 15) is 23.7 Å². The molecule has 1 aromatic carbocycles. The van der Waals surface area contributed by atoms with E-state index in [1.807, 2.05) is 0 Å². The molecule has 0 saturated heterocycles. The Morgan fingerprint density at radius 2 is 2.11 bits per heavy atom. The molecule has 0 aliphatic heterocycles. The average Bonchev–Trinajstić information content (AvgIpc) is 2.26. The summed E-state index contributed by atoms with van der Waals surface area (Å²) in [5.41, 5.74) is -0.560. The number of nitrogens with zero attached hydrogens (tertiary/aromatic N) is 1. The molecule has 0 spiro atoms. The lowest BCUT2D eigenvalue weighted by molar-refractivity contribution is -0.385. The first-order valence-corrected chi connectivity index (χ1v) is 5.66. The second-order valence-electron chi connectivity index (χ2n) is 3.30. The number of rotatable bonds is 5. The molecule has 0 fully saturated rings. The van der Waals surface area contributed by atoms with E-state index < -0.39 is 33.6 Å². The largest absolute Gasteiger partial charge is 0.434 e. The van der Waals surface area contributed by atoms with Gasteiger partial charge >= 0.3 is 6.61 Å². The lowest BCUT2D eigenvalue weighted by Crippen LogP contribution is -2.14. The number of non-ortho nitro benzene ring substituents is 1. The smallest absolute Gasteiger partial charge is 0.387 e. The average molecular weight is 324 g/mol. The molecule has 5 nitrogen and oxygen atoms in total. The maximum Gasteiger partial charge on any atom is 0.387 e. The van der Waals surface area contributed by atoms with Gasteiger partial charge in [-0.05, 0) is 13.0 Å². The van der Waals surface area contributed by atoms with Gasteiger partial charge in [0, 0.05) is 6.07 Å². The number of hydrogen-bond acceptors (Lipinski definition) is 4. The fraction of sp³-hybridized carbons (Fsp3) is 0.300. The number of ketones is 1. The molecular formula is C10H8BrF2NO4. The zero-order valence-electron chi connectivity index (χ0n) is 9.10. The highest BCUT2D eigenvalue weighted by Crippen LogP contribution is 2.28. The number of ether oxygens (including phenoxy) is 1. The Kier molecular flexibility index (Phi) is 4.71. The number of halogens is 3. The maximum absolute atomic E-state index is 12.2. The molecule has 0 radical (unpaired) electrons. The molecule has 8 heteroatoms. The summed E-state index contributed by atoms with van der Waals surface area (Å²) in [6.07, 6.45) is 0. The number of nitro groups is 1. The third-order valence-electron chi connectivity index (χ3n) is 2.02. The summed E-state index contributed by atoms with van der Waals surface area (Å²) >= 11 is 3.00.